The number of methoxy groups -OCH3 is 1. The van der Waals surface area contributed by atoms with Crippen molar-refractivity contribution in [3.05, 3.63) is 17.8 Å². The summed E-state index contributed by atoms with van der Waals surface area (Å²) in [6, 6.07) is 1.72. The Morgan fingerprint density at radius 3 is 2.75 bits per heavy atom. The molecular weight excluding hydrogens is 312 g/mol. The molecule has 0 radical (unpaired) electrons. The molecule has 24 heavy (non-hydrogen) atoms. The number of ether oxygens (including phenoxy) is 1. The largest absolute Gasteiger partial charge is 0.480 e. The number of likely N-dealkylation sites (N-methyl/N-ethyl adjacent to an activating group) is 1. The van der Waals surface area contributed by atoms with Gasteiger partial charge < -0.3 is 20.5 Å². The van der Waals surface area contributed by atoms with Gasteiger partial charge in [-0.25, -0.2) is 9.78 Å². The van der Waals surface area contributed by atoms with Gasteiger partial charge in [-0.3, -0.25) is 9.69 Å². The van der Waals surface area contributed by atoms with E-state index in [2.05, 4.69) is 15.6 Å². The van der Waals surface area contributed by atoms with E-state index < -0.39 is 5.97 Å². The van der Waals surface area contributed by atoms with E-state index in [-0.39, 0.29) is 24.7 Å². The van der Waals surface area contributed by atoms with Crippen LogP contribution in [0.3, 0.4) is 0 Å². The number of aryl methyl sites for hydroxylation is 1. The number of carboxylic acids is 1. The highest BCUT2D eigenvalue weighted by molar-refractivity contribution is 5.90. The van der Waals surface area contributed by atoms with Crippen LogP contribution >= 0.6 is 0 Å². The molecule has 0 aromatic carbocycles. The Kier molecular flexibility index (Phi) is 5.97. The predicted molar refractivity (Wildman–Crippen MR) is 89.4 cm³/mol. The second kappa shape index (κ2) is 7.96. The van der Waals surface area contributed by atoms with Crippen LogP contribution in [-0.4, -0.2) is 59.3 Å². The number of nitrogens with zero attached hydrogens (tertiary/aromatic N) is 2. The second-order valence-electron chi connectivity index (χ2n) is 5.95. The molecule has 1 fully saturated rings. The van der Waals surface area contributed by atoms with Crippen LogP contribution in [0.4, 0.5) is 10.5 Å². The van der Waals surface area contributed by atoms with Crippen LogP contribution in [0.25, 0.3) is 0 Å². The van der Waals surface area contributed by atoms with Gasteiger partial charge in [0.2, 0.25) is 5.88 Å². The Morgan fingerprint density at radius 2 is 2.17 bits per heavy atom. The number of hydrogen-bond donors (Lipinski definition) is 3. The molecule has 1 saturated carbocycles. The van der Waals surface area contributed by atoms with Crippen LogP contribution in [0.2, 0.25) is 0 Å². The smallest absolute Gasteiger partial charge is 0.319 e. The van der Waals surface area contributed by atoms with E-state index in [0.717, 1.165) is 18.4 Å². The molecule has 1 aliphatic rings. The average molecular weight is 336 g/mol. The highest BCUT2D eigenvalue weighted by Gasteiger charge is 2.34. The third-order valence-corrected chi connectivity index (χ3v) is 4.14. The third-order valence-electron chi connectivity index (χ3n) is 4.14. The maximum Gasteiger partial charge on any atom is 0.319 e. The summed E-state index contributed by atoms with van der Waals surface area (Å²) >= 11 is 0. The first-order chi connectivity index (χ1) is 11.4. The number of rotatable bonds is 7. The number of urea groups is 1. The number of hydrogen-bond acceptors (Lipinski definition) is 5. The van der Waals surface area contributed by atoms with Gasteiger partial charge in [0.15, 0.2) is 0 Å². The Balaban J connectivity index is 1.83. The Hall–Kier alpha value is -2.35. The Morgan fingerprint density at radius 1 is 1.46 bits per heavy atom. The first-order valence-electron chi connectivity index (χ1n) is 7.97. The Labute approximate surface area is 141 Å². The summed E-state index contributed by atoms with van der Waals surface area (Å²) < 4.78 is 5.13. The number of nitrogens with one attached hydrogen (secondary N) is 2. The molecule has 1 aliphatic carbocycles. The van der Waals surface area contributed by atoms with Gasteiger partial charge in [0.05, 0.1) is 13.7 Å². The van der Waals surface area contributed by atoms with Gasteiger partial charge in [0.25, 0.3) is 0 Å². The first kappa shape index (κ1) is 18.0. The van der Waals surface area contributed by atoms with E-state index in [1.54, 1.807) is 12.3 Å². The molecule has 0 spiro atoms. The van der Waals surface area contributed by atoms with E-state index >= 15 is 0 Å². The lowest BCUT2D eigenvalue weighted by Crippen LogP contribution is -2.55. The summed E-state index contributed by atoms with van der Waals surface area (Å²) in [6.45, 7) is 4.54. The van der Waals surface area contributed by atoms with E-state index in [9.17, 15) is 9.59 Å². The lowest BCUT2D eigenvalue weighted by atomic mass is 9.85. The van der Waals surface area contributed by atoms with Crippen molar-refractivity contribution in [2.45, 2.75) is 38.8 Å². The average Bonchev–Trinajstić information content (AvgIpc) is 2.48. The highest BCUT2D eigenvalue weighted by atomic mass is 16.5. The normalized spacial score (nSPS) is 19.5. The number of amides is 2. The van der Waals surface area contributed by atoms with Crippen molar-refractivity contribution in [2.24, 2.45) is 0 Å². The van der Waals surface area contributed by atoms with E-state index in [0.29, 0.717) is 18.1 Å². The van der Waals surface area contributed by atoms with Gasteiger partial charge in [-0.2, -0.15) is 0 Å². The molecule has 2 rings (SSSR count). The zero-order valence-electron chi connectivity index (χ0n) is 14.2. The number of anilines is 1. The molecule has 0 unspecified atom stereocenters. The molecule has 1 heterocycles. The van der Waals surface area contributed by atoms with Crippen LogP contribution in [-0.2, 0) is 4.79 Å². The minimum atomic E-state index is -0.829. The first-order valence-corrected chi connectivity index (χ1v) is 7.97. The van der Waals surface area contributed by atoms with Crippen molar-refractivity contribution >= 4 is 17.7 Å². The van der Waals surface area contributed by atoms with Gasteiger partial charge in [0, 0.05) is 18.3 Å². The van der Waals surface area contributed by atoms with Crippen LogP contribution < -0.4 is 15.4 Å². The predicted octanol–water partition coefficient (Wildman–Crippen LogP) is 1.46. The number of carbonyl (C=O) groups excluding carboxylic acids is 1. The van der Waals surface area contributed by atoms with Crippen LogP contribution in [0.1, 0.15) is 25.3 Å². The fourth-order valence-corrected chi connectivity index (χ4v) is 2.83. The topological polar surface area (TPSA) is 104 Å². The van der Waals surface area contributed by atoms with Crippen molar-refractivity contribution in [1.29, 1.82) is 0 Å². The van der Waals surface area contributed by atoms with Gasteiger partial charge in [0.1, 0.15) is 5.69 Å². The maximum absolute atomic E-state index is 12.1. The fourth-order valence-electron chi connectivity index (χ4n) is 2.83. The zero-order chi connectivity index (χ0) is 17.7. The molecular formula is C16H24N4O4. The lowest BCUT2D eigenvalue weighted by molar-refractivity contribution is -0.139. The molecule has 0 aliphatic heterocycles. The number of aliphatic carboxylic acids is 1. The van der Waals surface area contributed by atoms with E-state index in [1.807, 2.05) is 18.7 Å². The summed E-state index contributed by atoms with van der Waals surface area (Å²) in [5.74, 6) is -0.467. The van der Waals surface area contributed by atoms with Gasteiger partial charge in [-0.1, -0.05) is 6.92 Å². The van der Waals surface area contributed by atoms with Crippen molar-refractivity contribution in [3.8, 4) is 5.88 Å². The molecule has 2 amide bonds. The van der Waals surface area contributed by atoms with Gasteiger partial charge in [-0.05, 0) is 37.9 Å². The zero-order valence-corrected chi connectivity index (χ0v) is 14.2. The number of carboxylic acid groups (broad SMARTS) is 1. The summed E-state index contributed by atoms with van der Waals surface area (Å²) in [5, 5.41) is 14.5. The third kappa shape index (κ3) is 4.58. The molecule has 132 valence electrons. The summed E-state index contributed by atoms with van der Waals surface area (Å²) in [6.07, 6.45) is 3.16. The second-order valence-corrected chi connectivity index (χ2v) is 5.95. The monoisotopic (exact) mass is 336 g/mol. The summed E-state index contributed by atoms with van der Waals surface area (Å²) in [5.41, 5.74) is 1.44. The van der Waals surface area contributed by atoms with Gasteiger partial charge in [-0.15, -0.1) is 0 Å². The summed E-state index contributed by atoms with van der Waals surface area (Å²) in [7, 11) is 1.50. The molecule has 0 atom stereocenters. The number of aromatic nitrogens is 1. The highest BCUT2D eigenvalue weighted by Crippen LogP contribution is 2.26. The van der Waals surface area contributed by atoms with Crippen molar-refractivity contribution in [1.82, 2.24) is 15.2 Å². The van der Waals surface area contributed by atoms with Crippen LogP contribution in [0, 0.1) is 6.92 Å². The standard InChI is InChI=1S/C16H24N4O4/c1-4-20(9-14(21)22)12-6-11(7-12)18-16(23)19-13-5-10(2)8-17-15(13)24-3/h5,8,11-12H,4,6-7,9H2,1-3H3,(H,21,22)(H2,18,19,23). The van der Waals surface area contributed by atoms with Gasteiger partial charge >= 0.3 is 12.0 Å². The lowest BCUT2D eigenvalue weighted by Gasteiger charge is -2.42. The minimum Gasteiger partial charge on any atom is -0.480 e. The molecule has 8 nitrogen and oxygen atoms in total. The SMILES string of the molecule is CCN(CC(=O)O)C1CC(NC(=O)Nc2cc(C)cnc2OC)C1. The van der Waals surface area contributed by atoms with Crippen LogP contribution in [0.15, 0.2) is 12.3 Å². The van der Waals surface area contributed by atoms with Crippen molar-refractivity contribution in [3.63, 3.8) is 0 Å². The van der Waals surface area contributed by atoms with E-state index in [1.165, 1.54) is 7.11 Å². The molecule has 3 N–H and O–H groups in total. The fraction of sp³-hybridized carbons (Fsp3) is 0.562. The van der Waals surface area contributed by atoms with Crippen molar-refractivity contribution < 1.29 is 19.4 Å². The molecule has 1 aromatic heterocycles. The molecule has 0 bridgehead atoms. The van der Waals surface area contributed by atoms with E-state index in [4.69, 9.17) is 9.84 Å². The summed E-state index contributed by atoms with van der Waals surface area (Å²) in [4.78, 5) is 28.9. The minimum absolute atomic E-state index is 0.0340. The maximum atomic E-state index is 12.1. The molecule has 1 aromatic rings. The molecule has 0 saturated heterocycles. The quantitative estimate of drug-likeness (QED) is 0.696. The van der Waals surface area contributed by atoms with Crippen molar-refractivity contribution in [2.75, 3.05) is 25.5 Å². The number of carbonyl (C=O) groups is 2. The number of pyridine rings is 1. The molecule has 8 heteroatoms. The van der Waals surface area contributed by atoms with Crippen LogP contribution in [0.5, 0.6) is 5.88 Å². The Bertz CT molecular complexity index is 602.